The van der Waals surface area contributed by atoms with E-state index < -0.39 is 9.84 Å². The van der Waals surface area contributed by atoms with Crippen LogP contribution in [-0.2, 0) is 9.84 Å². The summed E-state index contributed by atoms with van der Waals surface area (Å²) in [7, 11) is -2.88. The predicted molar refractivity (Wildman–Crippen MR) is 91.7 cm³/mol. The standard InChI is InChI=1S/C16H18N4O3S/c21-16(18-13-4-2-1-3-5-13)14-6-7-15(20-19-14)17-10-12-8-9-24(22,23)11-12/h1-7,12H,8-11H2,(H,17,20)(H,18,21). The van der Waals surface area contributed by atoms with Gasteiger partial charge >= 0.3 is 0 Å². The Morgan fingerprint density at radius 2 is 1.92 bits per heavy atom. The number of nitrogens with one attached hydrogen (secondary N) is 2. The number of hydrogen-bond donors (Lipinski definition) is 2. The molecule has 1 aliphatic heterocycles. The zero-order valence-electron chi connectivity index (χ0n) is 13.0. The average Bonchev–Trinajstić information content (AvgIpc) is 2.93. The monoisotopic (exact) mass is 346 g/mol. The highest BCUT2D eigenvalue weighted by molar-refractivity contribution is 7.91. The molecule has 1 unspecified atom stereocenters. The lowest BCUT2D eigenvalue weighted by Crippen LogP contribution is -2.18. The molecule has 2 aromatic rings. The number of rotatable bonds is 5. The van der Waals surface area contributed by atoms with Crippen molar-refractivity contribution in [3.05, 3.63) is 48.2 Å². The molecule has 0 radical (unpaired) electrons. The molecule has 1 aromatic heterocycles. The van der Waals surface area contributed by atoms with E-state index in [4.69, 9.17) is 0 Å². The number of sulfone groups is 1. The Bertz CT molecular complexity index is 807. The molecule has 1 fully saturated rings. The molecule has 3 rings (SSSR count). The van der Waals surface area contributed by atoms with Crippen LogP contribution in [0.2, 0.25) is 0 Å². The molecular formula is C16H18N4O3S. The molecule has 1 saturated heterocycles. The molecule has 2 N–H and O–H groups in total. The first-order valence-electron chi connectivity index (χ1n) is 7.66. The van der Waals surface area contributed by atoms with Crippen LogP contribution in [0, 0.1) is 5.92 Å². The Kier molecular flexibility index (Phi) is 4.75. The van der Waals surface area contributed by atoms with Gasteiger partial charge in [-0.25, -0.2) is 8.42 Å². The number of anilines is 2. The Hall–Kier alpha value is -2.48. The zero-order valence-corrected chi connectivity index (χ0v) is 13.8. The van der Waals surface area contributed by atoms with Crippen LogP contribution >= 0.6 is 0 Å². The van der Waals surface area contributed by atoms with Gasteiger partial charge in [-0.15, -0.1) is 10.2 Å². The van der Waals surface area contributed by atoms with Crippen LogP contribution in [0.15, 0.2) is 42.5 Å². The molecule has 126 valence electrons. The van der Waals surface area contributed by atoms with Gasteiger partial charge in [0.05, 0.1) is 11.5 Å². The number of nitrogens with zero attached hydrogens (tertiary/aromatic N) is 2. The quantitative estimate of drug-likeness (QED) is 0.852. The van der Waals surface area contributed by atoms with E-state index in [2.05, 4.69) is 20.8 Å². The van der Waals surface area contributed by atoms with Gasteiger partial charge < -0.3 is 10.6 Å². The fourth-order valence-electron chi connectivity index (χ4n) is 2.55. The maximum Gasteiger partial charge on any atom is 0.276 e. The van der Waals surface area contributed by atoms with Crippen LogP contribution in [-0.4, -0.2) is 42.6 Å². The van der Waals surface area contributed by atoms with Crippen molar-refractivity contribution in [2.24, 2.45) is 5.92 Å². The second kappa shape index (κ2) is 6.96. The Balaban J connectivity index is 1.54. The number of para-hydroxylation sites is 1. The summed E-state index contributed by atoms with van der Waals surface area (Å²) in [5.74, 6) is 0.754. The number of carbonyl (C=O) groups excluding carboxylic acids is 1. The first-order chi connectivity index (χ1) is 11.5. The third-order valence-electron chi connectivity index (χ3n) is 3.83. The molecule has 1 atom stereocenters. The Labute approximate surface area is 140 Å². The van der Waals surface area contributed by atoms with Crippen LogP contribution in [0.5, 0.6) is 0 Å². The van der Waals surface area contributed by atoms with E-state index in [0.29, 0.717) is 24.5 Å². The minimum atomic E-state index is -2.88. The third-order valence-corrected chi connectivity index (χ3v) is 5.66. The molecule has 0 spiro atoms. The number of amides is 1. The number of hydrogen-bond acceptors (Lipinski definition) is 6. The Morgan fingerprint density at radius 1 is 1.12 bits per heavy atom. The van der Waals surface area contributed by atoms with E-state index >= 15 is 0 Å². The third kappa shape index (κ3) is 4.29. The molecule has 0 saturated carbocycles. The fraction of sp³-hybridized carbons (Fsp3) is 0.312. The summed E-state index contributed by atoms with van der Waals surface area (Å²) in [4.78, 5) is 12.1. The van der Waals surface area contributed by atoms with Gasteiger partial charge in [0.2, 0.25) is 0 Å². The molecule has 0 bridgehead atoms. The first kappa shape index (κ1) is 16.4. The van der Waals surface area contributed by atoms with Crippen molar-refractivity contribution in [2.75, 3.05) is 28.7 Å². The summed E-state index contributed by atoms with van der Waals surface area (Å²) in [5.41, 5.74) is 0.904. The SMILES string of the molecule is O=C(Nc1ccccc1)c1ccc(NCC2CCS(=O)(=O)C2)nn1. The lowest BCUT2D eigenvalue weighted by Gasteiger charge is -2.10. The van der Waals surface area contributed by atoms with E-state index in [1.54, 1.807) is 24.3 Å². The van der Waals surface area contributed by atoms with Crippen LogP contribution in [0.3, 0.4) is 0 Å². The van der Waals surface area contributed by atoms with Crippen molar-refractivity contribution in [3.8, 4) is 0 Å². The van der Waals surface area contributed by atoms with E-state index in [1.807, 2.05) is 18.2 Å². The lowest BCUT2D eigenvalue weighted by molar-refractivity contribution is 0.102. The second-order valence-electron chi connectivity index (χ2n) is 5.77. The molecule has 2 heterocycles. The second-order valence-corrected chi connectivity index (χ2v) is 8.00. The fourth-order valence-corrected chi connectivity index (χ4v) is 4.41. The minimum Gasteiger partial charge on any atom is -0.368 e. The van der Waals surface area contributed by atoms with E-state index in [0.717, 1.165) is 0 Å². The number of benzene rings is 1. The summed E-state index contributed by atoms with van der Waals surface area (Å²) < 4.78 is 22.8. The van der Waals surface area contributed by atoms with Crippen molar-refractivity contribution < 1.29 is 13.2 Å². The molecular weight excluding hydrogens is 328 g/mol. The molecule has 0 aliphatic carbocycles. The maximum atomic E-state index is 12.1. The van der Waals surface area contributed by atoms with E-state index in [9.17, 15) is 13.2 Å². The zero-order chi connectivity index (χ0) is 17.0. The van der Waals surface area contributed by atoms with Crippen molar-refractivity contribution >= 4 is 27.2 Å². The van der Waals surface area contributed by atoms with Crippen LogP contribution in [0.1, 0.15) is 16.9 Å². The summed E-state index contributed by atoms with van der Waals surface area (Å²) in [6.45, 7) is 0.531. The first-order valence-corrected chi connectivity index (χ1v) is 9.48. The van der Waals surface area contributed by atoms with Crippen molar-refractivity contribution in [1.29, 1.82) is 0 Å². The Morgan fingerprint density at radius 3 is 2.54 bits per heavy atom. The highest BCUT2D eigenvalue weighted by atomic mass is 32.2. The van der Waals surface area contributed by atoms with Crippen LogP contribution in [0.4, 0.5) is 11.5 Å². The molecule has 8 heteroatoms. The molecule has 7 nitrogen and oxygen atoms in total. The predicted octanol–water partition coefficient (Wildman–Crippen LogP) is 1.58. The van der Waals surface area contributed by atoms with Crippen LogP contribution in [0.25, 0.3) is 0 Å². The minimum absolute atomic E-state index is 0.0952. The topological polar surface area (TPSA) is 101 Å². The number of carbonyl (C=O) groups is 1. The average molecular weight is 346 g/mol. The maximum absolute atomic E-state index is 12.1. The smallest absolute Gasteiger partial charge is 0.276 e. The molecule has 24 heavy (non-hydrogen) atoms. The van der Waals surface area contributed by atoms with Gasteiger partial charge in [0, 0.05) is 12.2 Å². The lowest BCUT2D eigenvalue weighted by atomic mass is 10.1. The van der Waals surface area contributed by atoms with Gasteiger partial charge in [-0.2, -0.15) is 0 Å². The van der Waals surface area contributed by atoms with Gasteiger partial charge in [-0.1, -0.05) is 18.2 Å². The normalized spacial score (nSPS) is 18.9. The largest absolute Gasteiger partial charge is 0.368 e. The number of aromatic nitrogens is 2. The van der Waals surface area contributed by atoms with Crippen molar-refractivity contribution in [2.45, 2.75) is 6.42 Å². The van der Waals surface area contributed by atoms with Gasteiger partial charge in [0.15, 0.2) is 15.5 Å². The molecule has 1 aromatic carbocycles. The van der Waals surface area contributed by atoms with E-state index in [1.165, 1.54) is 0 Å². The van der Waals surface area contributed by atoms with Crippen molar-refractivity contribution in [3.63, 3.8) is 0 Å². The summed E-state index contributed by atoms with van der Waals surface area (Å²) >= 11 is 0. The molecule has 1 aliphatic rings. The van der Waals surface area contributed by atoms with Gasteiger partial charge in [-0.05, 0) is 36.6 Å². The molecule has 1 amide bonds. The van der Waals surface area contributed by atoms with Gasteiger partial charge in [-0.3, -0.25) is 4.79 Å². The summed E-state index contributed by atoms with van der Waals surface area (Å²) in [6.07, 6.45) is 0.667. The van der Waals surface area contributed by atoms with E-state index in [-0.39, 0.29) is 29.0 Å². The summed E-state index contributed by atoms with van der Waals surface area (Å²) in [6, 6.07) is 12.4. The van der Waals surface area contributed by atoms with Crippen molar-refractivity contribution in [1.82, 2.24) is 10.2 Å². The highest BCUT2D eigenvalue weighted by Crippen LogP contribution is 2.18. The highest BCUT2D eigenvalue weighted by Gasteiger charge is 2.27. The van der Waals surface area contributed by atoms with Gasteiger partial charge in [0.25, 0.3) is 5.91 Å². The summed E-state index contributed by atoms with van der Waals surface area (Å²) in [5, 5.41) is 13.7. The van der Waals surface area contributed by atoms with Crippen LogP contribution < -0.4 is 10.6 Å². The van der Waals surface area contributed by atoms with Gasteiger partial charge in [0.1, 0.15) is 5.82 Å².